The van der Waals surface area contributed by atoms with E-state index in [-0.39, 0.29) is 6.61 Å². The van der Waals surface area contributed by atoms with Crippen LogP contribution in [0.5, 0.6) is 0 Å². The Balaban J connectivity index is 1.89. The maximum atomic E-state index is 8.87. The summed E-state index contributed by atoms with van der Waals surface area (Å²) in [5.41, 5.74) is 0.772. The van der Waals surface area contributed by atoms with E-state index in [1.54, 1.807) is 11.3 Å². The summed E-state index contributed by atoms with van der Waals surface area (Å²) in [6.07, 6.45) is 6.55. The zero-order chi connectivity index (χ0) is 9.80. The number of aromatic nitrogens is 1. The minimum atomic E-state index is 0.0445. The summed E-state index contributed by atoms with van der Waals surface area (Å²) in [6.45, 7) is 0.0445. The molecule has 1 heterocycles. The minimum absolute atomic E-state index is 0.0445. The molecule has 3 nitrogen and oxygen atoms in total. The van der Waals surface area contributed by atoms with Crippen molar-refractivity contribution < 1.29 is 5.11 Å². The Labute approximate surface area is 88.2 Å². The first-order chi connectivity index (χ1) is 6.88. The highest BCUT2D eigenvalue weighted by molar-refractivity contribution is 7.13. The normalized spacial score (nSPS) is 18.4. The molecule has 0 aromatic carbocycles. The average Bonchev–Trinajstić information content (AvgIpc) is 2.67. The van der Waals surface area contributed by atoms with Crippen LogP contribution in [0.1, 0.15) is 37.8 Å². The van der Waals surface area contributed by atoms with Crippen LogP contribution in [0.25, 0.3) is 0 Å². The van der Waals surface area contributed by atoms with Crippen molar-refractivity contribution in [1.29, 1.82) is 0 Å². The summed E-state index contributed by atoms with van der Waals surface area (Å²) < 4.78 is 0. The smallest absolute Gasteiger partial charge is 0.183 e. The molecule has 1 aromatic heterocycles. The molecule has 1 fully saturated rings. The second-order valence-corrected chi connectivity index (χ2v) is 4.64. The number of aliphatic hydroxyl groups is 1. The van der Waals surface area contributed by atoms with Crippen molar-refractivity contribution >= 4 is 16.5 Å². The fourth-order valence-corrected chi connectivity index (χ4v) is 2.65. The van der Waals surface area contributed by atoms with E-state index in [0.717, 1.165) is 10.8 Å². The second kappa shape index (κ2) is 4.75. The van der Waals surface area contributed by atoms with E-state index >= 15 is 0 Å². The van der Waals surface area contributed by atoms with Crippen molar-refractivity contribution in [2.45, 2.75) is 44.8 Å². The first kappa shape index (κ1) is 9.93. The summed E-state index contributed by atoms with van der Waals surface area (Å²) in [5, 5.41) is 15.2. The number of thiazole rings is 1. The third kappa shape index (κ3) is 2.45. The van der Waals surface area contributed by atoms with Crippen molar-refractivity contribution in [3.8, 4) is 0 Å². The minimum Gasteiger partial charge on any atom is -0.390 e. The van der Waals surface area contributed by atoms with Gasteiger partial charge in [-0.2, -0.15) is 0 Å². The first-order valence-corrected chi connectivity index (χ1v) is 6.08. The molecule has 0 amide bonds. The zero-order valence-electron chi connectivity index (χ0n) is 8.20. The molecule has 0 spiro atoms. The molecule has 2 N–H and O–H groups in total. The standard InChI is InChI=1S/C10H16N2OS/c13-6-9-7-14-10(12-9)11-8-4-2-1-3-5-8/h7-8,13H,1-6H2,(H,11,12). The summed E-state index contributed by atoms with van der Waals surface area (Å²) in [6, 6.07) is 0.599. The van der Waals surface area contributed by atoms with Crippen LogP contribution in [-0.4, -0.2) is 16.1 Å². The third-order valence-electron chi connectivity index (χ3n) is 2.65. The van der Waals surface area contributed by atoms with Gasteiger partial charge >= 0.3 is 0 Å². The Bertz CT molecular complexity index is 281. The molecule has 0 aliphatic heterocycles. The molecule has 1 aliphatic carbocycles. The van der Waals surface area contributed by atoms with Crippen molar-refractivity contribution in [3.63, 3.8) is 0 Å². The summed E-state index contributed by atoms with van der Waals surface area (Å²) in [7, 11) is 0. The molecule has 14 heavy (non-hydrogen) atoms. The van der Waals surface area contributed by atoms with Gasteiger partial charge in [-0.3, -0.25) is 0 Å². The molecular weight excluding hydrogens is 196 g/mol. The molecule has 1 saturated carbocycles. The van der Waals surface area contributed by atoms with Crippen LogP contribution in [-0.2, 0) is 6.61 Å². The highest BCUT2D eigenvalue weighted by atomic mass is 32.1. The maximum Gasteiger partial charge on any atom is 0.183 e. The van der Waals surface area contributed by atoms with Crippen LogP contribution in [0.4, 0.5) is 5.13 Å². The van der Waals surface area contributed by atoms with E-state index < -0.39 is 0 Å². The fraction of sp³-hybridized carbons (Fsp3) is 0.700. The fourth-order valence-electron chi connectivity index (χ4n) is 1.87. The molecule has 0 saturated heterocycles. The lowest BCUT2D eigenvalue weighted by atomic mass is 9.96. The lowest BCUT2D eigenvalue weighted by molar-refractivity contribution is 0.277. The van der Waals surface area contributed by atoms with Gasteiger partial charge in [0.15, 0.2) is 5.13 Å². The molecule has 0 unspecified atom stereocenters. The summed E-state index contributed by atoms with van der Waals surface area (Å²) >= 11 is 1.59. The Morgan fingerprint density at radius 1 is 1.43 bits per heavy atom. The van der Waals surface area contributed by atoms with Crippen LogP contribution in [0.3, 0.4) is 0 Å². The number of hydrogen-bond acceptors (Lipinski definition) is 4. The summed E-state index contributed by atoms with van der Waals surface area (Å²) in [5.74, 6) is 0. The summed E-state index contributed by atoms with van der Waals surface area (Å²) in [4.78, 5) is 4.28. The van der Waals surface area contributed by atoms with Gasteiger partial charge in [-0.05, 0) is 12.8 Å². The van der Waals surface area contributed by atoms with Gasteiger partial charge in [0.05, 0.1) is 12.3 Å². The van der Waals surface area contributed by atoms with Crippen molar-refractivity contribution in [2.75, 3.05) is 5.32 Å². The molecule has 78 valence electrons. The number of nitrogens with zero attached hydrogens (tertiary/aromatic N) is 1. The second-order valence-electron chi connectivity index (χ2n) is 3.78. The van der Waals surface area contributed by atoms with Crippen LogP contribution >= 0.6 is 11.3 Å². The molecule has 0 bridgehead atoms. The maximum absolute atomic E-state index is 8.87. The topological polar surface area (TPSA) is 45.1 Å². The van der Waals surface area contributed by atoms with Gasteiger partial charge in [0.1, 0.15) is 0 Å². The lowest BCUT2D eigenvalue weighted by Gasteiger charge is -2.22. The SMILES string of the molecule is OCc1csc(NC2CCCCC2)n1. The molecular formula is C10H16N2OS. The molecule has 4 heteroatoms. The Morgan fingerprint density at radius 3 is 2.86 bits per heavy atom. The van der Waals surface area contributed by atoms with E-state index in [4.69, 9.17) is 5.11 Å². The van der Waals surface area contributed by atoms with Gasteiger partial charge < -0.3 is 10.4 Å². The van der Waals surface area contributed by atoms with Crippen molar-refractivity contribution in [1.82, 2.24) is 4.98 Å². The molecule has 0 radical (unpaired) electrons. The molecule has 1 aromatic rings. The quantitative estimate of drug-likeness (QED) is 0.808. The Morgan fingerprint density at radius 2 is 2.21 bits per heavy atom. The van der Waals surface area contributed by atoms with Crippen LogP contribution < -0.4 is 5.32 Å². The van der Waals surface area contributed by atoms with Gasteiger partial charge in [-0.25, -0.2) is 4.98 Å². The van der Waals surface area contributed by atoms with E-state index in [1.165, 1.54) is 32.1 Å². The highest BCUT2D eigenvalue weighted by Crippen LogP contribution is 2.23. The Hall–Kier alpha value is -0.610. The van der Waals surface area contributed by atoms with Gasteiger partial charge in [-0.15, -0.1) is 11.3 Å². The van der Waals surface area contributed by atoms with Crippen molar-refractivity contribution in [3.05, 3.63) is 11.1 Å². The molecule has 0 atom stereocenters. The van der Waals surface area contributed by atoms with Crippen LogP contribution in [0.15, 0.2) is 5.38 Å². The Kier molecular flexibility index (Phi) is 3.37. The largest absolute Gasteiger partial charge is 0.390 e. The van der Waals surface area contributed by atoms with E-state index in [0.29, 0.717) is 6.04 Å². The number of hydrogen-bond donors (Lipinski definition) is 2. The number of anilines is 1. The number of nitrogens with one attached hydrogen (secondary N) is 1. The van der Waals surface area contributed by atoms with Crippen molar-refractivity contribution in [2.24, 2.45) is 0 Å². The van der Waals surface area contributed by atoms with E-state index in [2.05, 4.69) is 10.3 Å². The van der Waals surface area contributed by atoms with E-state index in [1.807, 2.05) is 5.38 Å². The van der Waals surface area contributed by atoms with Crippen LogP contribution in [0.2, 0.25) is 0 Å². The van der Waals surface area contributed by atoms with E-state index in [9.17, 15) is 0 Å². The molecule has 1 aliphatic rings. The van der Waals surface area contributed by atoms with Gasteiger partial charge in [0.25, 0.3) is 0 Å². The molecule has 2 rings (SSSR count). The zero-order valence-corrected chi connectivity index (χ0v) is 9.02. The highest BCUT2D eigenvalue weighted by Gasteiger charge is 2.14. The van der Waals surface area contributed by atoms with Gasteiger partial charge in [0, 0.05) is 11.4 Å². The monoisotopic (exact) mass is 212 g/mol. The van der Waals surface area contributed by atoms with Gasteiger partial charge in [0.2, 0.25) is 0 Å². The first-order valence-electron chi connectivity index (χ1n) is 5.20. The number of rotatable bonds is 3. The third-order valence-corrected chi connectivity index (χ3v) is 3.47. The van der Waals surface area contributed by atoms with Gasteiger partial charge in [-0.1, -0.05) is 19.3 Å². The predicted octanol–water partition coefficient (Wildman–Crippen LogP) is 2.38. The lowest BCUT2D eigenvalue weighted by Crippen LogP contribution is -2.22. The van der Waals surface area contributed by atoms with Crippen LogP contribution in [0, 0.1) is 0 Å². The number of aliphatic hydroxyl groups excluding tert-OH is 1. The predicted molar refractivity (Wildman–Crippen MR) is 58.5 cm³/mol. The average molecular weight is 212 g/mol.